The second-order valence-electron chi connectivity index (χ2n) is 4.14. The van der Waals surface area contributed by atoms with Crippen molar-refractivity contribution in [3.05, 3.63) is 68.2 Å². The molecule has 1 N–H and O–H groups in total. The maximum Gasteiger partial charge on any atom is 0.335 e. The second kappa shape index (κ2) is 6.36. The van der Waals surface area contributed by atoms with Gasteiger partial charge in [0.2, 0.25) is 5.75 Å². The van der Waals surface area contributed by atoms with Crippen LogP contribution in [0.5, 0.6) is 5.75 Å². The molecule has 0 saturated carbocycles. The Morgan fingerprint density at radius 3 is 2.48 bits per heavy atom. The molecule has 0 aliphatic carbocycles. The number of halogens is 1. The third-order valence-corrected chi connectivity index (χ3v) is 3.35. The van der Waals surface area contributed by atoms with Crippen molar-refractivity contribution in [3.63, 3.8) is 0 Å². The average Bonchev–Trinajstić information content (AvgIpc) is 2.46. The number of aromatic carboxylic acids is 1. The second-order valence-corrected chi connectivity index (χ2v) is 4.99. The van der Waals surface area contributed by atoms with Crippen LogP contribution in [0.15, 0.2) is 46.9 Å². The molecule has 0 bridgehead atoms. The molecule has 0 heterocycles. The van der Waals surface area contributed by atoms with E-state index in [0.29, 0.717) is 10.0 Å². The Morgan fingerprint density at radius 1 is 1.24 bits per heavy atom. The van der Waals surface area contributed by atoms with Gasteiger partial charge in [-0.05, 0) is 39.7 Å². The normalized spacial score (nSPS) is 10.1. The number of rotatable bonds is 5. The Hall–Kier alpha value is -2.41. The molecule has 21 heavy (non-hydrogen) atoms. The van der Waals surface area contributed by atoms with Crippen LogP contribution in [-0.4, -0.2) is 16.0 Å². The molecule has 2 aromatic rings. The molecule has 0 amide bonds. The highest BCUT2D eigenvalue weighted by atomic mass is 79.9. The molecular formula is C14H10BrNO5. The predicted octanol–water partition coefficient (Wildman–Crippen LogP) is 3.63. The highest BCUT2D eigenvalue weighted by Crippen LogP contribution is 2.35. The quantitative estimate of drug-likeness (QED) is 0.656. The van der Waals surface area contributed by atoms with Crippen LogP contribution < -0.4 is 4.74 Å². The fourth-order valence-electron chi connectivity index (χ4n) is 1.68. The van der Waals surface area contributed by atoms with Crippen LogP contribution >= 0.6 is 15.9 Å². The van der Waals surface area contributed by atoms with Crippen LogP contribution in [0, 0.1) is 10.1 Å². The number of hydrogen-bond acceptors (Lipinski definition) is 4. The summed E-state index contributed by atoms with van der Waals surface area (Å²) in [6.45, 7) is 0.101. The van der Waals surface area contributed by atoms with Crippen molar-refractivity contribution in [3.8, 4) is 5.75 Å². The van der Waals surface area contributed by atoms with Crippen molar-refractivity contribution in [1.82, 2.24) is 0 Å². The van der Waals surface area contributed by atoms with Crippen LogP contribution in [0.3, 0.4) is 0 Å². The Kier molecular flexibility index (Phi) is 4.54. The molecule has 0 spiro atoms. The maximum atomic E-state index is 10.9. The topological polar surface area (TPSA) is 89.7 Å². The van der Waals surface area contributed by atoms with Gasteiger partial charge in [0.15, 0.2) is 0 Å². The Bertz CT molecular complexity index is 684. The van der Waals surface area contributed by atoms with Crippen molar-refractivity contribution in [1.29, 1.82) is 0 Å². The third-order valence-electron chi connectivity index (χ3n) is 2.73. The van der Waals surface area contributed by atoms with E-state index in [1.807, 2.05) is 0 Å². The molecule has 0 aliphatic heterocycles. The van der Waals surface area contributed by atoms with E-state index in [1.54, 1.807) is 24.3 Å². The summed E-state index contributed by atoms with van der Waals surface area (Å²) in [7, 11) is 0. The van der Waals surface area contributed by atoms with Crippen LogP contribution in [-0.2, 0) is 6.61 Å². The van der Waals surface area contributed by atoms with Crippen molar-refractivity contribution < 1.29 is 19.6 Å². The SMILES string of the molecule is O=C(O)c1ccc(COc2c(Br)cccc2[N+](=O)[O-])cc1. The lowest BCUT2D eigenvalue weighted by Gasteiger charge is -2.08. The van der Waals surface area contributed by atoms with Gasteiger partial charge in [-0.25, -0.2) is 4.79 Å². The number of ether oxygens (including phenoxy) is 1. The zero-order valence-corrected chi connectivity index (χ0v) is 12.2. The minimum atomic E-state index is -1.01. The maximum absolute atomic E-state index is 10.9. The van der Waals surface area contributed by atoms with Crippen LogP contribution in [0.25, 0.3) is 0 Å². The molecule has 7 heteroatoms. The summed E-state index contributed by atoms with van der Waals surface area (Å²) >= 11 is 3.21. The van der Waals surface area contributed by atoms with Crippen molar-refractivity contribution in [2.24, 2.45) is 0 Å². The molecule has 0 aromatic heterocycles. The summed E-state index contributed by atoms with van der Waals surface area (Å²) in [5.74, 6) is -0.867. The lowest BCUT2D eigenvalue weighted by molar-refractivity contribution is -0.386. The van der Waals surface area contributed by atoms with Gasteiger partial charge >= 0.3 is 11.7 Å². The first-order valence-electron chi connectivity index (χ1n) is 5.87. The van der Waals surface area contributed by atoms with E-state index in [-0.39, 0.29) is 23.6 Å². The third kappa shape index (κ3) is 3.57. The number of para-hydroxylation sites is 1. The van der Waals surface area contributed by atoms with Gasteiger partial charge in [-0.15, -0.1) is 0 Å². The number of nitro groups is 1. The molecule has 0 radical (unpaired) electrons. The van der Waals surface area contributed by atoms with E-state index in [1.165, 1.54) is 18.2 Å². The molecule has 6 nitrogen and oxygen atoms in total. The molecule has 0 aliphatic rings. The van der Waals surface area contributed by atoms with Gasteiger partial charge in [0, 0.05) is 6.07 Å². The zero-order valence-electron chi connectivity index (χ0n) is 10.7. The van der Waals surface area contributed by atoms with Crippen LogP contribution in [0.4, 0.5) is 5.69 Å². The number of hydrogen-bond donors (Lipinski definition) is 1. The molecular weight excluding hydrogens is 342 g/mol. The molecule has 0 unspecified atom stereocenters. The van der Waals surface area contributed by atoms with Crippen molar-refractivity contribution in [2.45, 2.75) is 6.61 Å². The first-order valence-corrected chi connectivity index (χ1v) is 6.66. The highest BCUT2D eigenvalue weighted by Gasteiger charge is 2.17. The van der Waals surface area contributed by atoms with Crippen molar-refractivity contribution in [2.75, 3.05) is 0 Å². The van der Waals surface area contributed by atoms with E-state index in [4.69, 9.17) is 9.84 Å². The first kappa shape index (κ1) is 15.0. The Labute approximate surface area is 128 Å². The molecule has 2 rings (SSSR count). The average molecular weight is 352 g/mol. The van der Waals surface area contributed by atoms with Crippen LogP contribution in [0.2, 0.25) is 0 Å². The van der Waals surface area contributed by atoms with Gasteiger partial charge in [-0.1, -0.05) is 18.2 Å². The van der Waals surface area contributed by atoms with E-state index in [9.17, 15) is 14.9 Å². The smallest absolute Gasteiger partial charge is 0.335 e. The summed E-state index contributed by atoms with van der Waals surface area (Å²) in [5.41, 5.74) is 0.752. The molecule has 0 fully saturated rings. The predicted molar refractivity (Wildman–Crippen MR) is 78.5 cm³/mol. The summed E-state index contributed by atoms with van der Waals surface area (Å²) in [6.07, 6.45) is 0. The summed E-state index contributed by atoms with van der Waals surface area (Å²) < 4.78 is 5.96. The molecule has 108 valence electrons. The number of benzene rings is 2. The van der Waals surface area contributed by atoms with Crippen LogP contribution in [0.1, 0.15) is 15.9 Å². The van der Waals surface area contributed by atoms with E-state index >= 15 is 0 Å². The molecule has 2 aromatic carbocycles. The minimum Gasteiger partial charge on any atom is -0.481 e. The highest BCUT2D eigenvalue weighted by molar-refractivity contribution is 9.10. The van der Waals surface area contributed by atoms with Gasteiger partial charge in [-0.3, -0.25) is 10.1 Å². The number of carboxylic acid groups (broad SMARTS) is 1. The standard InChI is InChI=1S/C14H10BrNO5/c15-11-2-1-3-12(16(19)20)13(11)21-8-9-4-6-10(7-5-9)14(17)18/h1-7H,8H2,(H,17,18). The van der Waals surface area contributed by atoms with Gasteiger partial charge in [0.05, 0.1) is 15.0 Å². The van der Waals surface area contributed by atoms with Gasteiger partial charge in [-0.2, -0.15) is 0 Å². The number of carboxylic acids is 1. The molecule has 0 atom stereocenters. The van der Waals surface area contributed by atoms with E-state index in [0.717, 1.165) is 0 Å². The number of carbonyl (C=O) groups is 1. The van der Waals surface area contributed by atoms with E-state index < -0.39 is 10.9 Å². The summed E-state index contributed by atoms with van der Waals surface area (Å²) in [6, 6.07) is 10.7. The van der Waals surface area contributed by atoms with Gasteiger partial charge in [0.25, 0.3) is 0 Å². The number of nitrogens with zero attached hydrogens (tertiary/aromatic N) is 1. The lowest BCUT2D eigenvalue weighted by Crippen LogP contribution is -2.01. The van der Waals surface area contributed by atoms with Crippen molar-refractivity contribution >= 4 is 27.6 Å². The van der Waals surface area contributed by atoms with E-state index in [2.05, 4.69) is 15.9 Å². The fraction of sp³-hybridized carbons (Fsp3) is 0.0714. The summed E-state index contributed by atoms with van der Waals surface area (Å²) in [5, 5.41) is 19.7. The largest absolute Gasteiger partial charge is 0.481 e. The lowest BCUT2D eigenvalue weighted by atomic mass is 10.1. The number of nitro benzene ring substituents is 1. The minimum absolute atomic E-state index is 0.101. The molecule has 0 saturated heterocycles. The van der Waals surface area contributed by atoms with Gasteiger partial charge in [0.1, 0.15) is 6.61 Å². The van der Waals surface area contributed by atoms with Gasteiger partial charge < -0.3 is 9.84 Å². The Morgan fingerprint density at radius 2 is 1.90 bits per heavy atom. The summed E-state index contributed by atoms with van der Waals surface area (Å²) in [4.78, 5) is 21.2. The fourth-order valence-corrected chi connectivity index (χ4v) is 2.15. The monoisotopic (exact) mass is 351 g/mol. The Balaban J connectivity index is 2.16. The zero-order chi connectivity index (χ0) is 15.4. The first-order chi connectivity index (χ1) is 9.99.